The Morgan fingerprint density at radius 2 is 1.89 bits per heavy atom. The van der Waals surface area contributed by atoms with Gasteiger partial charge in [0.15, 0.2) is 0 Å². The van der Waals surface area contributed by atoms with Crippen LogP contribution in [0.25, 0.3) is 0 Å². The Bertz CT molecular complexity index is 464. The largest absolute Gasteiger partial charge is 0.261 e. The Morgan fingerprint density at radius 1 is 1.11 bits per heavy atom. The maximum atomic E-state index is 6.36. The van der Waals surface area contributed by atoms with Crippen molar-refractivity contribution >= 4 is 11.6 Å². The molecule has 0 aliphatic carbocycles. The molecular weight excluding hydrogens is 242 g/mol. The Labute approximate surface area is 114 Å². The second kappa shape index (κ2) is 6.55. The normalized spacial score (nSPS) is 12.3. The zero-order valence-electron chi connectivity index (χ0n) is 10.6. The molecule has 0 saturated heterocycles. The van der Waals surface area contributed by atoms with E-state index in [1.54, 1.807) is 0 Å². The van der Waals surface area contributed by atoms with Gasteiger partial charge in [-0.1, -0.05) is 35.9 Å². The molecule has 1 heterocycles. The molecule has 0 bridgehead atoms. The van der Waals surface area contributed by atoms with Crippen molar-refractivity contribution in [1.82, 2.24) is 4.98 Å². The molecule has 0 aliphatic heterocycles. The Hall–Kier alpha value is -1.34. The van der Waals surface area contributed by atoms with Gasteiger partial charge in [-0.2, -0.15) is 0 Å². The fraction of sp³-hybridized carbons (Fsp3) is 0.312. The first kappa shape index (κ1) is 13.1. The minimum absolute atomic E-state index is 0.154. The number of pyridine rings is 1. The summed E-state index contributed by atoms with van der Waals surface area (Å²) in [5.74, 6) is 0. The number of halogens is 1. The summed E-state index contributed by atoms with van der Waals surface area (Å²) in [7, 11) is 0. The van der Waals surface area contributed by atoms with Crippen LogP contribution in [0.5, 0.6) is 0 Å². The maximum absolute atomic E-state index is 6.36. The first-order valence-electron chi connectivity index (χ1n) is 6.33. The molecule has 0 saturated carbocycles. The minimum Gasteiger partial charge on any atom is -0.261 e. The molecule has 1 aromatic carbocycles. The van der Waals surface area contributed by atoms with E-state index in [1.807, 2.05) is 24.4 Å². The van der Waals surface area contributed by atoms with E-state index < -0.39 is 0 Å². The topological polar surface area (TPSA) is 12.9 Å². The van der Waals surface area contributed by atoms with Crippen molar-refractivity contribution in [3.63, 3.8) is 0 Å². The molecule has 0 radical (unpaired) electrons. The molecule has 1 nitrogen and oxygen atoms in total. The average molecular weight is 260 g/mol. The lowest BCUT2D eigenvalue weighted by Gasteiger charge is -2.09. The van der Waals surface area contributed by atoms with Crippen molar-refractivity contribution < 1.29 is 0 Å². The number of hydrogen-bond donors (Lipinski definition) is 0. The summed E-state index contributed by atoms with van der Waals surface area (Å²) in [5, 5.41) is 0.154. The van der Waals surface area contributed by atoms with E-state index in [0.29, 0.717) is 0 Å². The van der Waals surface area contributed by atoms with Gasteiger partial charge in [-0.25, -0.2) is 0 Å². The Kier molecular flexibility index (Phi) is 4.77. The summed E-state index contributed by atoms with van der Waals surface area (Å²) in [5.41, 5.74) is 3.73. The van der Waals surface area contributed by atoms with Gasteiger partial charge in [0.25, 0.3) is 0 Å². The number of benzene rings is 1. The Morgan fingerprint density at radius 3 is 2.56 bits per heavy atom. The highest BCUT2D eigenvalue weighted by Gasteiger charge is 2.07. The van der Waals surface area contributed by atoms with Crippen LogP contribution in [0.2, 0.25) is 0 Å². The van der Waals surface area contributed by atoms with Gasteiger partial charge in [-0.15, -0.1) is 11.6 Å². The Balaban J connectivity index is 1.81. The van der Waals surface area contributed by atoms with Crippen molar-refractivity contribution in [2.24, 2.45) is 0 Å². The fourth-order valence-electron chi connectivity index (χ4n) is 1.93. The molecule has 2 aromatic rings. The lowest BCUT2D eigenvalue weighted by atomic mass is 10.0. The zero-order chi connectivity index (χ0) is 12.8. The quantitative estimate of drug-likeness (QED) is 0.735. The smallest absolute Gasteiger partial charge is 0.0418 e. The zero-order valence-corrected chi connectivity index (χ0v) is 11.4. The molecule has 2 heteroatoms. The summed E-state index contributed by atoms with van der Waals surface area (Å²) in [6.45, 7) is 2.11. The predicted molar refractivity (Wildman–Crippen MR) is 77.1 cm³/mol. The molecule has 0 N–H and O–H groups in total. The molecule has 94 valence electrons. The van der Waals surface area contributed by atoms with Crippen molar-refractivity contribution in [2.45, 2.75) is 31.6 Å². The third-order valence-corrected chi connectivity index (χ3v) is 3.40. The first-order chi connectivity index (χ1) is 8.74. The van der Waals surface area contributed by atoms with Crippen LogP contribution in [0, 0.1) is 6.92 Å². The second-order valence-electron chi connectivity index (χ2n) is 4.65. The van der Waals surface area contributed by atoms with Gasteiger partial charge in [-0.3, -0.25) is 4.98 Å². The highest BCUT2D eigenvalue weighted by atomic mass is 35.5. The molecule has 1 aromatic heterocycles. The predicted octanol–water partition coefficient (Wildman–Crippen LogP) is 4.17. The number of alkyl halides is 1. The molecule has 18 heavy (non-hydrogen) atoms. The molecule has 0 aliphatic rings. The van der Waals surface area contributed by atoms with Crippen LogP contribution >= 0.6 is 11.6 Å². The summed E-state index contributed by atoms with van der Waals surface area (Å²) in [4.78, 5) is 4.30. The van der Waals surface area contributed by atoms with Crippen LogP contribution in [0.1, 0.15) is 23.2 Å². The SMILES string of the molecule is Cc1ccc(CCC(Cl)Cc2ccccn2)cc1. The molecule has 2 rings (SSSR count). The molecule has 1 unspecified atom stereocenters. The van der Waals surface area contributed by atoms with E-state index in [0.717, 1.165) is 25.0 Å². The molecule has 0 spiro atoms. The first-order valence-corrected chi connectivity index (χ1v) is 6.77. The molecule has 0 fully saturated rings. The summed E-state index contributed by atoms with van der Waals surface area (Å²) >= 11 is 6.36. The van der Waals surface area contributed by atoms with Crippen LogP contribution in [-0.4, -0.2) is 10.4 Å². The minimum atomic E-state index is 0.154. The van der Waals surface area contributed by atoms with Crippen LogP contribution in [-0.2, 0) is 12.8 Å². The standard InChI is InChI=1S/C16H18ClN/c1-13-5-7-14(8-6-13)9-10-15(17)12-16-4-2-3-11-18-16/h2-8,11,15H,9-10,12H2,1H3. The number of hydrogen-bond acceptors (Lipinski definition) is 1. The van der Waals surface area contributed by atoms with E-state index in [4.69, 9.17) is 11.6 Å². The highest BCUT2D eigenvalue weighted by molar-refractivity contribution is 6.20. The highest BCUT2D eigenvalue weighted by Crippen LogP contribution is 2.14. The number of rotatable bonds is 5. The van der Waals surface area contributed by atoms with Crippen molar-refractivity contribution in [3.8, 4) is 0 Å². The van der Waals surface area contributed by atoms with Gasteiger partial charge in [0, 0.05) is 23.7 Å². The van der Waals surface area contributed by atoms with E-state index in [-0.39, 0.29) is 5.38 Å². The van der Waals surface area contributed by atoms with Crippen LogP contribution in [0.4, 0.5) is 0 Å². The second-order valence-corrected chi connectivity index (χ2v) is 5.26. The summed E-state index contributed by atoms with van der Waals surface area (Å²) in [6.07, 6.45) is 4.68. The molecule has 1 atom stereocenters. The van der Waals surface area contributed by atoms with Crippen molar-refractivity contribution in [3.05, 3.63) is 65.5 Å². The van der Waals surface area contributed by atoms with E-state index in [9.17, 15) is 0 Å². The average Bonchev–Trinajstić information content (AvgIpc) is 2.39. The third-order valence-electron chi connectivity index (χ3n) is 3.02. The van der Waals surface area contributed by atoms with Crippen LogP contribution in [0.15, 0.2) is 48.7 Å². The van der Waals surface area contributed by atoms with Crippen LogP contribution < -0.4 is 0 Å². The molecular formula is C16H18ClN. The maximum Gasteiger partial charge on any atom is 0.0418 e. The van der Waals surface area contributed by atoms with Gasteiger partial charge in [0.2, 0.25) is 0 Å². The fourth-order valence-corrected chi connectivity index (χ4v) is 2.19. The monoisotopic (exact) mass is 259 g/mol. The van der Waals surface area contributed by atoms with E-state index >= 15 is 0 Å². The van der Waals surface area contributed by atoms with Gasteiger partial charge < -0.3 is 0 Å². The van der Waals surface area contributed by atoms with E-state index in [2.05, 4.69) is 36.2 Å². The third kappa shape index (κ3) is 4.15. The summed E-state index contributed by atoms with van der Waals surface area (Å²) in [6, 6.07) is 14.6. The number of nitrogens with zero attached hydrogens (tertiary/aromatic N) is 1. The van der Waals surface area contributed by atoms with Crippen molar-refractivity contribution in [1.29, 1.82) is 0 Å². The summed E-state index contributed by atoms with van der Waals surface area (Å²) < 4.78 is 0. The van der Waals surface area contributed by atoms with Gasteiger partial charge in [0.05, 0.1) is 0 Å². The van der Waals surface area contributed by atoms with Gasteiger partial charge in [-0.05, 0) is 37.5 Å². The molecule has 0 amide bonds. The van der Waals surface area contributed by atoms with Crippen LogP contribution in [0.3, 0.4) is 0 Å². The number of aromatic nitrogens is 1. The number of aryl methyl sites for hydroxylation is 2. The lowest BCUT2D eigenvalue weighted by molar-refractivity contribution is 0.732. The van der Waals surface area contributed by atoms with Gasteiger partial charge >= 0.3 is 0 Å². The van der Waals surface area contributed by atoms with Crippen molar-refractivity contribution in [2.75, 3.05) is 0 Å². The lowest BCUT2D eigenvalue weighted by Crippen LogP contribution is -2.06. The van der Waals surface area contributed by atoms with E-state index in [1.165, 1.54) is 11.1 Å². The van der Waals surface area contributed by atoms with Gasteiger partial charge in [0.1, 0.15) is 0 Å².